The molecule has 0 N–H and O–H groups in total. The Kier molecular flexibility index (Phi) is 3.49. The average molecular weight is 275 g/mol. The summed E-state index contributed by atoms with van der Waals surface area (Å²) in [5.74, 6) is 0.674. The quantitative estimate of drug-likeness (QED) is 0.828. The van der Waals surface area contributed by atoms with Gasteiger partial charge in [0, 0.05) is 18.4 Å². The number of hydrogen-bond donors (Lipinski definition) is 0. The number of pyridine rings is 1. The minimum Gasteiger partial charge on any atom is -0.379 e. The van der Waals surface area contributed by atoms with Gasteiger partial charge < -0.3 is 9.30 Å². The van der Waals surface area contributed by atoms with Crippen LogP contribution in [0.4, 0.5) is 0 Å². The highest BCUT2D eigenvalue weighted by Gasteiger charge is 2.29. The van der Waals surface area contributed by atoms with Crippen LogP contribution in [-0.4, -0.2) is 17.8 Å². The summed E-state index contributed by atoms with van der Waals surface area (Å²) in [6.07, 6.45) is 6.74. The molecule has 0 bridgehead atoms. The molecule has 2 heterocycles. The van der Waals surface area contributed by atoms with Crippen molar-refractivity contribution < 1.29 is 4.74 Å². The molecule has 1 aromatic heterocycles. The molecule has 1 atom stereocenters. The minimum absolute atomic E-state index is 0.0980. The highest BCUT2D eigenvalue weighted by atomic mass is 16.5. The Balaban J connectivity index is 2.07. The molecule has 3 nitrogen and oxygen atoms in total. The second-order valence-corrected chi connectivity index (χ2v) is 7.29. The van der Waals surface area contributed by atoms with Crippen LogP contribution in [0, 0.1) is 0 Å². The van der Waals surface area contributed by atoms with Gasteiger partial charge in [0.25, 0.3) is 5.56 Å². The molecule has 0 spiro atoms. The zero-order valence-corrected chi connectivity index (χ0v) is 12.8. The highest BCUT2D eigenvalue weighted by Crippen LogP contribution is 2.41. The molecule has 2 aliphatic rings. The predicted molar refractivity (Wildman–Crippen MR) is 80.5 cm³/mol. The molecule has 1 aliphatic heterocycles. The summed E-state index contributed by atoms with van der Waals surface area (Å²) >= 11 is 0. The van der Waals surface area contributed by atoms with Gasteiger partial charge in [0.15, 0.2) is 0 Å². The van der Waals surface area contributed by atoms with Gasteiger partial charge in [-0.15, -0.1) is 0 Å². The Morgan fingerprint density at radius 2 is 2.00 bits per heavy atom. The molecule has 1 unspecified atom stereocenters. The van der Waals surface area contributed by atoms with E-state index < -0.39 is 0 Å². The summed E-state index contributed by atoms with van der Waals surface area (Å²) in [5, 5.41) is 0. The maximum atomic E-state index is 12.8. The van der Waals surface area contributed by atoms with Crippen molar-refractivity contribution in [3.8, 4) is 0 Å². The van der Waals surface area contributed by atoms with Gasteiger partial charge in [-0.2, -0.15) is 0 Å². The van der Waals surface area contributed by atoms with E-state index in [1.165, 1.54) is 18.4 Å². The first-order valence-corrected chi connectivity index (χ1v) is 7.81. The van der Waals surface area contributed by atoms with Gasteiger partial charge in [-0.05, 0) is 48.6 Å². The van der Waals surface area contributed by atoms with Crippen LogP contribution in [0.2, 0.25) is 0 Å². The van der Waals surface area contributed by atoms with Crippen LogP contribution in [0.1, 0.15) is 69.5 Å². The molecule has 1 saturated carbocycles. The third-order valence-corrected chi connectivity index (χ3v) is 4.45. The van der Waals surface area contributed by atoms with E-state index >= 15 is 0 Å². The Morgan fingerprint density at radius 3 is 2.55 bits per heavy atom. The zero-order valence-electron chi connectivity index (χ0n) is 12.8. The minimum atomic E-state index is -0.0980. The van der Waals surface area contributed by atoms with Crippen LogP contribution in [0.3, 0.4) is 0 Å². The largest absolute Gasteiger partial charge is 0.379 e. The fraction of sp³-hybridized carbons (Fsp3) is 0.706. The van der Waals surface area contributed by atoms with Crippen LogP contribution in [-0.2, 0) is 10.2 Å². The van der Waals surface area contributed by atoms with Crippen molar-refractivity contribution in [2.75, 3.05) is 13.2 Å². The van der Waals surface area contributed by atoms with Gasteiger partial charge >= 0.3 is 0 Å². The van der Waals surface area contributed by atoms with Crippen molar-refractivity contribution in [2.24, 2.45) is 0 Å². The monoisotopic (exact) mass is 275 g/mol. The lowest BCUT2D eigenvalue weighted by atomic mass is 9.86. The number of nitrogens with zero attached hydrogens (tertiary/aromatic N) is 1. The summed E-state index contributed by atoms with van der Waals surface area (Å²) in [7, 11) is 0. The van der Waals surface area contributed by atoms with Gasteiger partial charge in [-0.1, -0.05) is 20.8 Å². The molecule has 110 valence electrons. The van der Waals surface area contributed by atoms with Crippen molar-refractivity contribution in [1.82, 2.24) is 4.57 Å². The van der Waals surface area contributed by atoms with Crippen molar-refractivity contribution >= 4 is 0 Å². The van der Waals surface area contributed by atoms with Gasteiger partial charge in [0.2, 0.25) is 0 Å². The van der Waals surface area contributed by atoms with Gasteiger partial charge in [-0.3, -0.25) is 4.79 Å². The van der Waals surface area contributed by atoms with E-state index in [-0.39, 0.29) is 17.0 Å². The maximum Gasteiger partial charge on any atom is 0.254 e. The van der Waals surface area contributed by atoms with E-state index in [1.807, 2.05) is 4.57 Å². The van der Waals surface area contributed by atoms with Crippen LogP contribution >= 0.6 is 0 Å². The fourth-order valence-corrected chi connectivity index (χ4v) is 3.02. The Bertz CT molecular complexity index is 543. The first kappa shape index (κ1) is 13.9. The van der Waals surface area contributed by atoms with Crippen molar-refractivity contribution in [2.45, 2.75) is 63.8 Å². The Morgan fingerprint density at radius 1 is 1.25 bits per heavy atom. The van der Waals surface area contributed by atoms with Crippen LogP contribution in [0.5, 0.6) is 0 Å². The Labute approximate surface area is 121 Å². The summed E-state index contributed by atoms with van der Waals surface area (Å²) in [6, 6.07) is 2.37. The molecule has 0 radical (unpaired) electrons. The summed E-state index contributed by atoms with van der Waals surface area (Å²) in [6.45, 7) is 7.89. The average Bonchev–Trinajstić information content (AvgIpc) is 3.23. The standard InChI is InChI=1S/C17H25NO2/c1-17(2,3)15-9-13(12-6-7-12)10-18(16(15)19)14-5-4-8-20-11-14/h9-10,12,14H,4-8,11H2,1-3H3. The second-order valence-electron chi connectivity index (χ2n) is 7.29. The van der Waals surface area contributed by atoms with Gasteiger partial charge in [0.1, 0.15) is 0 Å². The smallest absolute Gasteiger partial charge is 0.254 e. The summed E-state index contributed by atoms with van der Waals surface area (Å²) in [5.41, 5.74) is 2.38. The van der Waals surface area contributed by atoms with E-state index in [0.717, 1.165) is 25.0 Å². The number of rotatable bonds is 2. The molecule has 20 heavy (non-hydrogen) atoms. The zero-order chi connectivity index (χ0) is 14.3. The molecule has 3 heteroatoms. The molecule has 0 amide bonds. The van der Waals surface area contributed by atoms with E-state index in [0.29, 0.717) is 12.5 Å². The van der Waals surface area contributed by atoms with E-state index in [2.05, 4.69) is 33.0 Å². The fourth-order valence-electron chi connectivity index (χ4n) is 3.02. The van der Waals surface area contributed by atoms with Crippen LogP contribution in [0.15, 0.2) is 17.1 Å². The summed E-state index contributed by atoms with van der Waals surface area (Å²) in [4.78, 5) is 12.8. The number of aromatic nitrogens is 1. The lowest BCUT2D eigenvalue weighted by Crippen LogP contribution is -2.35. The van der Waals surface area contributed by atoms with E-state index in [9.17, 15) is 4.79 Å². The normalized spacial score (nSPS) is 23.9. The molecule has 1 saturated heterocycles. The van der Waals surface area contributed by atoms with Gasteiger partial charge in [-0.25, -0.2) is 0 Å². The topological polar surface area (TPSA) is 31.2 Å². The molecular weight excluding hydrogens is 250 g/mol. The first-order valence-electron chi connectivity index (χ1n) is 7.81. The molecule has 1 aliphatic carbocycles. The highest BCUT2D eigenvalue weighted by molar-refractivity contribution is 5.30. The van der Waals surface area contributed by atoms with Crippen LogP contribution in [0.25, 0.3) is 0 Å². The molecular formula is C17H25NO2. The summed E-state index contributed by atoms with van der Waals surface area (Å²) < 4.78 is 7.54. The predicted octanol–water partition coefficient (Wildman–Crippen LogP) is 3.37. The van der Waals surface area contributed by atoms with Crippen LogP contribution < -0.4 is 5.56 Å². The molecule has 1 aromatic rings. The first-order chi connectivity index (χ1) is 9.47. The Hall–Kier alpha value is -1.09. The van der Waals surface area contributed by atoms with Crippen molar-refractivity contribution in [3.63, 3.8) is 0 Å². The lowest BCUT2D eigenvalue weighted by Gasteiger charge is -2.27. The number of ether oxygens (including phenoxy) is 1. The van der Waals surface area contributed by atoms with E-state index in [1.54, 1.807) is 0 Å². The molecule has 0 aromatic carbocycles. The third-order valence-electron chi connectivity index (χ3n) is 4.45. The lowest BCUT2D eigenvalue weighted by molar-refractivity contribution is 0.0577. The van der Waals surface area contributed by atoms with Crippen molar-refractivity contribution in [3.05, 3.63) is 33.7 Å². The number of hydrogen-bond acceptors (Lipinski definition) is 2. The third kappa shape index (κ3) is 2.69. The van der Waals surface area contributed by atoms with E-state index in [4.69, 9.17) is 4.74 Å². The van der Waals surface area contributed by atoms with Crippen molar-refractivity contribution in [1.29, 1.82) is 0 Å². The SMILES string of the molecule is CC(C)(C)c1cc(C2CC2)cn(C2CCCOC2)c1=O. The second kappa shape index (κ2) is 5.03. The van der Waals surface area contributed by atoms with Gasteiger partial charge in [0.05, 0.1) is 12.6 Å². The molecule has 2 fully saturated rings. The molecule has 3 rings (SSSR count). The maximum absolute atomic E-state index is 12.8.